The van der Waals surface area contributed by atoms with E-state index in [0.717, 1.165) is 77.0 Å². The number of carbonyl (C=O) groups excluding carboxylic acids is 2. The molecule has 3 unspecified atom stereocenters. The SMILES string of the molecule is CC/C=C/C/C=C/C/C=C/CCCCC(CC(=O)NC(CO)C(O)CCCCCCCCCCCCCCCCCCC)OC(=O)CCCCCCCCCCCCCCCCCC. The molecule has 0 radical (unpaired) electrons. The van der Waals surface area contributed by atoms with E-state index < -0.39 is 18.2 Å². The summed E-state index contributed by atoms with van der Waals surface area (Å²) in [6, 6.07) is -0.711. The van der Waals surface area contributed by atoms with Crippen molar-refractivity contribution in [3.63, 3.8) is 0 Å². The Kier molecular flexibility index (Phi) is 50.5. The summed E-state index contributed by atoms with van der Waals surface area (Å²) in [4.78, 5) is 26.2. The third kappa shape index (κ3) is 46.6. The van der Waals surface area contributed by atoms with Gasteiger partial charge in [-0.1, -0.05) is 263 Å². The van der Waals surface area contributed by atoms with Crippen molar-refractivity contribution in [3.05, 3.63) is 36.5 Å². The van der Waals surface area contributed by atoms with E-state index in [1.807, 2.05) is 0 Å². The molecule has 6 heteroatoms. The molecule has 0 aromatic heterocycles. The first-order valence-corrected chi connectivity index (χ1v) is 28.2. The lowest BCUT2D eigenvalue weighted by molar-refractivity contribution is -0.151. The van der Waals surface area contributed by atoms with Crippen LogP contribution in [-0.4, -0.2) is 46.9 Å². The van der Waals surface area contributed by atoms with Gasteiger partial charge in [0, 0.05) is 6.42 Å². The molecule has 0 saturated carbocycles. The van der Waals surface area contributed by atoms with E-state index >= 15 is 0 Å². The van der Waals surface area contributed by atoms with E-state index in [2.05, 4.69) is 62.5 Å². The molecule has 1 amide bonds. The van der Waals surface area contributed by atoms with Gasteiger partial charge in [-0.15, -0.1) is 0 Å². The summed E-state index contributed by atoms with van der Waals surface area (Å²) in [7, 11) is 0. The van der Waals surface area contributed by atoms with Crippen LogP contribution in [0, 0.1) is 0 Å². The van der Waals surface area contributed by atoms with Crippen LogP contribution in [0.3, 0.4) is 0 Å². The van der Waals surface area contributed by atoms with Crippen LogP contribution in [0.4, 0.5) is 0 Å². The summed E-state index contributed by atoms with van der Waals surface area (Å²) >= 11 is 0. The summed E-state index contributed by atoms with van der Waals surface area (Å²) in [5, 5.41) is 23.8. The number of esters is 1. The second-order valence-corrected chi connectivity index (χ2v) is 19.3. The number of carbonyl (C=O) groups is 2. The van der Waals surface area contributed by atoms with Crippen LogP contribution >= 0.6 is 0 Å². The van der Waals surface area contributed by atoms with Crippen molar-refractivity contribution < 1.29 is 24.5 Å². The Balaban J connectivity index is 4.49. The number of rotatable bonds is 51. The number of hydrogen-bond donors (Lipinski definition) is 3. The fraction of sp³-hybridized carbons (Fsp3) is 0.862. The number of ether oxygens (including phenoxy) is 1. The van der Waals surface area contributed by atoms with Crippen LogP contribution in [0.25, 0.3) is 0 Å². The van der Waals surface area contributed by atoms with E-state index in [1.165, 1.54) is 173 Å². The zero-order valence-electron chi connectivity index (χ0n) is 42.9. The predicted octanol–water partition coefficient (Wildman–Crippen LogP) is 17.2. The summed E-state index contributed by atoms with van der Waals surface area (Å²) in [5.74, 6) is -0.498. The lowest BCUT2D eigenvalue weighted by Gasteiger charge is -2.24. The van der Waals surface area contributed by atoms with Gasteiger partial charge in [0.2, 0.25) is 5.91 Å². The maximum atomic E-state index is 13.2. The maximum absolute atomic E-state index is 13.2. The molecule has 0 aliphatic rings. The maximum Gasteiger partial charge on any atom is 0.306 e. The number of unbranched alkanes of at least 4 members (excludes halogenated alkanes) is 33. The molecule has 0 aromatic rings. The number of amides is 1. The van der Waals surface area contributed by atoms with Crippen LogP contribution in [0.1, 0.15) is 297 Å². The van der Waals surface area contributed by atoms with Gasteiger partial charge < -0.3 is 20.3 Å². The predicted molar refractivity (Wildman–Crippen MR) is 278 cm³/mol. The zero-order valence-corrected chi connectivity index (χ0v) is 42.9. The topological polar surface area (TPSA) is 95.9 Å². The van der Waals surface area contributed by atoms with Crippen molar-refractivity contribution in [2.24, 2.45) is 0 Å². The molecule has 0 aliphatic carbocycles. The minimum Gasteiger partial charge on any atom is -0.462 e. The quantitative estimate of drug-likeness (QED) is 0.0321. The largest absolute Gasteiger partial charge is 0.462 e. The Morgan fingerprint density at radius 2 is 0.844 bits per heavy atom. The van der Waals surface area contributed by atoms with Crippen molar-refractivity contribution in [1.82, 2.24) is 5.32 Å². The molecule has 0 bridgehead atoms. The zero-order chi connectivity index (χ0) is 46.7. The normalized spacial score (nSPS) is 13.4. The van der Waals surface area contributed by atoms with Crippen molar-refractivity contribution >= 4 is 11.9 Å². The number of aliphatic hydroxyl groups excluding tert-OH is 2. The molecular formula is C58H109NO5. The highest BCUT2D eigenvalue weighted by Crippen LogP contribution is 2.18. The van der Waals surface area contributed by atoms with Gasteiger partial charge in [0.05, 0.1) is 25.2 Å². The van der Waals surface area contributed by atoms with Gasteiger partial charge in [0.25, 0.3) is 0 Å². The molecule has 64 heavy (non-hydrogen) atoms. The third-order valence-corrected chi connectivity index (χ3v) is 13.0. The highest BCUT2D eigenvalue weighted by molar-refractivity contribution is 5.77. The van der Waals surface area contributed by atoms with E-state index in [0.29, 0.717) is 19.3 Å². The minimum atomic E-state index is -0.796. The Labute approximate surface area is 398 Å². The van der Waals surface area contributed by atoms with Crippen LogP contribution < -0.4 is 5.32 Å². The minimum absolute atomic E-state index is 0.0557. The Bertz CT molecular complexity index is 1060. The number of allylic oxidation sites excluding steroid dienone is 6. The first-order chi connectivity index (χ1) is 31.5. The highest BCUT2D eigenvalue weighted by Gasteiger charge is 2.24. The van der Waals surface area contributed by atoms with Gasteiger partial charge >= 0.3 is 5.97 Å². The fourth-order valence-electron chi connectivity index (χ4n) is 8.74. The van der Waals surface area contributed by atoms with Gasteiger partial charge in [-0.2, -0.15) is 0 Å². The lowest BCUT2D eigenvalue weighted by Crippen LogP contribution is -2.46. The van der Waals surface area contributed by atoms with Crippen molar-refractivity contribution in [1.29, 1.82) is 0 Å². The van der Waals surface area contributed by atoms with E-state index in [9.17, 15) is 19.8 Å². The van der Waals surface area contributed by atoms with Crippen molar-refractivity contribution in [3.8, 4) is 0 Å². The summed E-state index contributed by atoms with van der Waals surface area (Å²) in [6.45, 7) is 6.39. The van der Waals surface area contributed by atoms with Crippen LogP contribution in [0.2, 0.25) is 0 Å². The Morgan fingerprint density at radius 3 is 1.27 bits per heavy atom. The molecule has 0 aliphatic heterocycles. The van der Waals surface area contributed by atoms with Gasteiger partial charge in [-0.05, 0) is 57.8 Å². The average Bonchev–Trinajstić information content (AvgIpc) is 3.29. The monoisotopic (exact) mass is 900 g/mol. The lowest BCUT2D eigenvalue weighted by atomic mass is 10.0. The van der Waals surface area contributed by atoms with Gasteiger partial charge in [0.1, 0.15) is 6.10 Å². The van der Waals surface area contributed by atoms with E-state index in [1.54, 1.807) is 0 Å². The number of nitrogens with one attached hydrogen (secondary N) is 1. The fourth-order valence-corrected chi connectivity index (χ4v) is 8.74. The van der Waals surface area contributed by atoms with Crippen LogP contribution in [-0.2, 0) is 14.3 Å². The van der Waals surface area contributed by atoms with Crippen molar-refractivity contribution in [2.45, 2.75) is 315 Å². The van der Waals surface area contributed by atoms with Crippen LogP contribution in [0.5, 0.6) is 0 Å². The summed E-state index contributed by atoms with van der Waals surface area (Å²) in [6.07, 6.45) is 62.2. The van der Waals surface area contributed by atoms with Gasteiger partial charge in [-0.25, -0.2) is 0 Å². The highest BCUT2D eigenvalue weighted by atomic mass is 16.5. The molecule has 0 heterocycles. The molecule has 0 spiro atoms. The second-order valence-electron chi connectivity index (χ2n) is 19.3. The smallest absolute Gasteiger partial charge is 0.306 e. The van der Waals surface area contributed by atoms with Crippen LogP contribution in [0.15, 0.2) is 36.5 Å². The first kappa shape index (κ1) is 62.1. The van der Waals surface area contributed by atoms with Gasteiger partial charge in [-0.3, -0.25) is 9.59 Å². The number of aliphatic hydroxyl groups is 2. The Morgan fingerprint density at radius 1 is 0.469 bits per heavy atom. The molecule has 3 atom stereocenters. The average molecular weight is 901 g/mol. The molecular weight excluding hydrogens is 791 g/mol. The molecule has 0 rings (SSSR count). The van der Waals surface area contributed by atoms with E-state index in [4.69, 9.17) is 4.74 Å². The summed E-state index contributed by atoms with van der Waals surface area (Å²) in [5.41, 5.74) is 0. The number of hydrogen-bond acceptors (Lipinski definition) is 5. The molecule has 0 fully saturated rings. The third-order valence-electron chi connectivity index (χ3n) is 13.0. The molecule has 6 nitrogen and oxygen atoms in total. The molecule has 376 valence electrons. The van der Waals surface area contributed by atoms with Crippen molar-refractivity contribution in [2.75, 3.05) is 6.61 Å². The summed E-state index contributed by atoms with van der Waals surface area (Å²) < 4.78 is 5.93. The molecule has 0 saturated heterocycles. The van der Waals surface area contributed by atoms with E-state index in [-0.39, 0.29) is 24.9 Å². The Hall–Kier alpha value is -1.92. The molecule has 0 aromatic carbocycles. The first-order valence-electron chi connectivity index (χ1n) is 28.2. The standard InChI is InChI=1S/C58H109NO5/c1-4-7-10-13-16-19-22-25-27-29-30-32-35-38-41-44-47-50-56(61)55(53-60)59-57(62)52-54(49-46-43-40-37-34-24-21-18-15-12-9-6-3)64-58(63)51-48-45-42-39-36-33-31-28-26-23-20-17-14-11-8-5-2/h9,12,18,21,34,37,54-56,60-61H,4-8,10-11,13-17,19-20,22-33,35-36,38-53H2,1-3H3,(H,59,62)/b12-9+,21-18+,37-34+. The second kappa shape index (κ2) is 52.1. The molecule has 3 N–H and O–H groups in total. The van der Waals surface area contributed by atoms with Gasteiger partial charge in [0.15, 0.2) is 0 Å².